The number of hydrogen-bond acceptors (Lipinski definition) is 2. The molecule has 0 saturated heterocycles. The van der Waals surface area contributed by atoms with Gasteiger partial charge in [0, 0.05) is 5.56 Å². The van der Waals surface area contributed by atoms with Crippen LogP contribution in [0.4, 0.5) is 4.39 Å². The van der Waals surface area contributed by atoms with Crippen LogP contribution in [0.1, 0.15) is 11.1 Å². The number of sulfonamides is 1. The van der Waals surface area contributed by atoms with Gasteiger partial charge in [0.05, 0.1) is 0 Å². The third-order valence-electron chi connectivity index (χ3n) is 1.35. The van der Waals surface area contributed by atoms with Crippen molar-refractivity contribution in [2.75, 3.05) is 0 Å². The van der Waals surface area contributed by atoms with E-state index >= 15 is 0 Å². The molecule has 1 atom stereocenters. The summed E-state index contributed by atoms with van der Waals surface area (Å²) in [6, 6.07) is 7.50. The Bertz CT molecular complexity index is 349. The quantitative estimate of drug-likeness (QED) is 0.752. The first-order valence-electron chi connectivity index (χ1n) is 3.22. The van der Waals surface area contributed by atoms with E-state index in [1.54, 1.807) is 18.2 Å². The van der Waals surface area contributed by atoms with E-state index in [1.807, 2.05) is 0 Å². The molecule has 5 heteroatoms. The van der Waals surface area contributed by atoms with Crippen LogP contribution in [0.3, 0.4) is 0 Å². The van der Waals surface area contributed by atoms with Crippen LogP contribution in [-0.2, 0) is 10.0 Å². The maximum Gasteiger partial charge on any atom is 0.245 e. The minimum atomic E-state index is -4.12. The van der Waals surface area contributed by atoms with Crippen molar-refractivity contribution in [3.63, 3.8) is 0 Å². The lowest BCUT2D eigenvalue weighted by molar-refractivity contribution is 0.431. The predicted octanol–water partition coefficient (Wildman–Crippen LogP) is 0.943. The fraction of sp³-hybridized carbons (Fsp3) is 0.143. The predicted molar refractivity (Wildman–Crippen MR) is 43.4 cm³/mol. The molecule has 0 heterocycles. The summed E-state index contributed by atoms with van der Waals surface area (Å²) in [5.41, 5.74) is -2.07. The lowest BCUT2D eigenvalue weighted by Gasteiger charge is -2.04. The molecule has 0 spiro atoms. The van der Waals surface area contributed by atoms with Gasteiger partial charge >= 0.3 is 0 Å². The van der Waals surface area contributed by atoms with E-state index in [9.17, 15) is 12.8 Å². The molecular formula is C7H8FNO2S. The summed E-state index contributed by atoms with van der Waals surface area (Å²) in [7, 11) is -4.12. The van der Waals surface area contributed by atoms with E-state index in [2.05, 4.69) is 5.14 Å². The summed E-state index contributed by atoms with van der Waals surface area (Å²) >= 11 is 0. The van der Waals surface area contributed by atoms with Crippen LogP contribution in [0.25, 0.3) is 0 Å². The van der Waals surface area contributed by atoms with Gasteiger partial charge in [0.2, 0.25) is 15.5 Å². The highest BCUT2D eigenvalue weighted by Gasteiger charge is 2.21. The van der Waals surface area contributed by atoms with Gasteiger partial charge in [0.1, 0.15) is 0 Å². The number of alkyl halides is 1. The van der Waals surface area contributed by atoms with Gasteiger partial charge in [0.25, 0.3) is 0 Å². The lowest BCUT2D eigenvalue weighted by atomic mass is 10.2. The minimum absolute atomic E-state index is 0.0556. The molecule has 1 aromatic carbocycles. The van der Waals surface area contributed by atoms with Crippen molar-refractivity contribution in [1.29, 1.82) is 0 Å². The Labute approximate surface area is 70.1 Å². The number of hydrogen-bond donors (Lipinski definition) is 1. The van der Waals surface area contributed by atoms with Crippen LogP contribution in [0.2, 0.25) is 0 Å². The standard InChI is InChI=1S/C7H8FNO2S/c8-7(12(9,10)11)6-4-2-1-3-5-6/h1-5,7H,(H2,9,10,11). The summed E-state index contributed by atoms with van der Waals surface area (Å²) in [5.74, 6) is 0. The zero-order chi connectivity index (χ0) is 9.19. The SMILES string of the molecule is NS(=O)(=O)C(F)c1ccccc1. The highest BCUT2D eigenvalue weighted by molar-refractivity contribution is 7.89. The van der Waals surface area contributed by atoms with Gasteiger partial charge in [-0.05, 0) is 0 Å². The van der Waals surface area contributed by atoms with Crippen molar-refractivity contribution in [1.82, 2.24) is 0 Å². The second-order valence-electron chi connectivity index (χ2n) is 2.32. The fourth-order valence-electron chi connectivity index (χ4n) is 0.794. The maximum absolute atomic E-state index is 12.9. The largest absolute Gasteiger partial charge is 0.245 e. The Morgan fingerprint density at radius 3 is 2.17 bits per heavy atom. The molecule has 3 nitrogen and oxygen atoms in total. The van der Waals surface area contributed by atoms with Gasteiger partial charge < -0.3 is 0 Å². The first-order chi connectivity index (χ1) is 5.52. The molecule has 2 N–H and O–H groups in total. The van der Waals surface area contributed by atoms with Gasteiger partial charge in [-0.1, -0.05) is 30.3 Å². The van der Waals surface area contributed by atoms with E-state index in [-0.39, 0.29) is 5.56 Å². The lowest BCUT2D eigenvalue weighted by Crippen LogP contribution is -2.18. The molecule has 66 valence electrons. The summed E-state index contributed by atoms with van der Waals surface area (Å²) in [6.07, 6.45) is 0. The number of nitrogens with two attached hydrogens (primary N) is 1. The number of primary sulfonamides is 1. The molecule has 0 aromatic heterocycles. The van der Waals surface area contributed by atoms with Crippen molar-refractivity contribution >= 4 is 10.0 Å². The van der Waals surface area contributed by atoms with E-state index in [0.29, 0.717) is 0 Å². The first kappa shape index (κ1) is 9.15. The minimum Gasteiger partial charge on any atom is -0.226 e. The monoisotopic (exact) mass is 189 g/mol. The first-order valence-corrected chi connectivity index (χ1v) is 4.83. The van der Waals surface area contributed by atoms with Gasteiger partial charge in [0.15, 0.2) is 0 Å². The van der Waals surface area contributed by atoms with Crippen molar-refractivity contribution in [3.05, 3.63) is 35.9 Å². The van der Waals surface area contributed by atoms with E-state index in [0.717, 1.165) is 0 Å². The van der Waals surface area contributed by atoms with Gasteiger partial charge in [-0.2, -0.15) is 0 Å². The molecule has 0 aliphatic carbocycles. The molecule has 12 heavy (non-hydrogen) atoms. The highest BCUT2D eigenvalue weighted by atomic mass is 32.2. The summed E-state index contributed by atoms with van der Waals surface area (Å²) in [4.78, 5) is 0. The second kappa shape index (κ2) is 3.20. The Balaban J connectivity index is 3.02. The molecule has 1 rings (SSSR count). The van der Waals surface area contributed by atoms with Crippen LogP contribution < -0.4 is 5.14 Å². The van der Waals surface area contributed by atoms with Crippen LogP contribution in [0.15, 0.2) is 30.3 Å². The Morgan fingerprint density at radius 1 is 1.25 bits per heavy atom. The average molecular weight is 189 g/mol. The molecule has 0 aliphatic heterocycles. The van der Waals surface area contributed by atoms with Crippen LogP contribution >= 0.6 is 0 Å². The number of halogens is 1. The molecule has 1 aromatic rings. The number of benzene rings is 1. The van der Waals surface area contributed by atoms with Crippen molar-refractivity contribution < 1.29 is 12.8 Å². The van der Waals surface area contributed by atoms with Crippen molar-refractivity contribution in [2.24, 2.45) is 5.14 Å². The second-order valence-corrected chi connectivity index (χ2v) is 3.91. The van der Waals surface area contributed by atoms with Crippen LogP contribution in [0, 0.1) is 0 Å². The van der Waals surface area contributed by atoms with E-state index < -0.39 is 15.5 Å². The topological polar surface area (TPSA) is 60.2 Å². The Hall–Kier alpha value is -0.940. The summed E-state index contributed by atoms with van der Waals surface area (Å²) in [5, 5.41) is 4.61. The summed E-state index contributed by atoms with van der Waals surface area (Å²) < 4.78 is 34.0. The molecule has 1 unspecified atom stereocenters. The van der Waals surface area contributed by atoms with Crippen LogP contribution in [-0.4, -0.2) is 8.42 Å². The van der Waals surface area contributed by atoms with Crippen molar-refractivity contribution in [3.8, 4) is 0 Å². The van der Waals surface area contributed by atoms with E-state index in [4.69, 9.17) is 0 Å². The van der Waals surface area contributed by atoms with Gasteiger partial charge in [-0.25, -0.2) is 17.9 Å². The Kier molecular flexibility index (Phi) is 2.44. The Morgan fingerprint density at radius 2 is 1.75 bits per heavy atom. The molecule has 0 aliphatic rings. The van der Waals surface area contributed by atoms with Gasteiger partial charge in [-0.15, -0.1) is 0 Å². The van der Waals surface area contributed by atoms with Crippen molar-refractivity contribution in [2.45, 2.75) is 5.50 Å². The smallest absolute Gasteiger partial charge is 0.226 e. The molecule has 0 amide bonds. The highest BCUT2D eigenvalue weighted by Crippen LogP contribution is 2.20. The third kappa shape index (κ3) is 2.02. The summed E-state index contributed by atoms with van der Waals surface area (Å²) in [6.45, 7) is 0. The zero-order valence-corrected chi connectivity index (χ0v) is 6.96. The third-order valence-corrected chi connectivity index (χ3v) is 2.20. The van der Waals surface area contributed by atoms with Gasteiger partial charge in [-0.3, -0.25) is 0 Å². The fourth-order valence-corrected chi connectivity index (χ4v) is 1.33. The molecule has 0 radical (unpaired) electrons. The maximum atomic E-state index is 12.9. The molecule has 0 saturated carbocycles. The average Bonchev–Trinajstić information content (AvgIpc) is 2.03. The van der Waals surface area contributed by atoms with E-state index in [1.165, 1.54) is 12.1 Å². The van der Waals surface area contributed by atoms with Crippen LogP contribution in [0.5, 0.6) is 0 Å². The molecule has 0 fully saturated rings. The zero-order valence-electron chi connectivity index (χ0n) is 6.14. The molecule has 0 bridgehead atoms. The normalized spacial score (nSPS) is 14.2. The molecular weight excluding hydrogens is 181 g/mol. The number of rotatable bonds is 2.